The van der Waals surface area contributed by atoms with Crippen LogP contribution in [0.2, 0.25) is 0 Å². The molecule has 0 aliphatic carbocycles. The van der Waals surface area contributed by atoms with Gasteiger partial charge in [-0.2, -0.15) is 0 Å². The first kappa shape index (κ1) is 43.1. The van der Waals surface area contributed by atoms with Crippen LogP contribution < -0.4 is 0 Å². The number of hydrogen-bond donors (Lipinski definition) is 5. The molecule has 3 saturated heterocycles. The maximum atomic E-state index is 14.0. The van der Waals surface area contributed by atoms with Crippen molar-refractivity contribution in [3.8, 4) is 0 Å². The van der Waals surface area contributed by atoms with Crippen LogP contribution in [0.15, 0.2) is 0 Å². The van der Waals surface area contributed by atoms with E-state index >= 15 is 0 Å². The van der Waals surface area contributed by atoms with Crippen molar-refractivity contribution in [2.75, 3.05) is 27.8 Å². The molecule has 292 valence electrons. The predicted octanol–water partition coefficient (Wildman–Crippen LogP) is 1.25. The van der Waals surface area contributed by atoms with Crippen molar-refractivity contribution in [3.63, 3.8) is 0 Å². The molecule has 0 aromatic heterocycles. The molecule has 0 aromatic carbocycles. The molecule has 0 amide bonds. The van der Waals surface area contributed by atoms with Gasteiger partial charge in [0.2, 0.25) is 0 Å². The lowest BCUT2D eigenvalue weighted by molar-refractivity contribution is -0.311. The number of methoxy groups -OCH3 is 1. The lowest BCUT2D eigenvalue weighted by Crippen LogP contribution is -2.60. The summed E-state index contributed by atoms with van der Waals surface area (Å²) in [5.74, 6) is -5.12. The molecular weight excluding hydrogens is 654 g/mol. The van der Waals surface area contributed by atoms with Crippen molar-refractivity contribution in [1.82, 2.24) is 4.90 Å². The quantitative estimate of drug-likeness (QED) is 0.225. The molecule has 0 saturated carbocycles. The number of aliphatic hydroxyl groups excluding tert-OH is 4. The maximum absolute atomic E-state index is 14.0. The molecule has 0 bridgehead atoms. The molecule has 18 atom stereocenters. The van der Waals surface area contributed by atoms with Gasteiger partial charge in [0.1, 0.15) is 24.1 Å². The number of aliphatic hydroxyl groups is 5. The van der Waals surface area contributed by atoms with Crippen LogP contribution in [-0.2, 0) is 38.0 Å². The number of likely N-dealkylation sites (N-methyl/N-ethyl adjacent to an activating group) is 1. The van der Waals surface area contributed by atoms with E-state index in [-0.39, 0.29) is 43.8 Å². The Balaban J connectivity index is 2.15. The highest BCUT2D eigenvalue weighted by Crippen LogP contribution is 2.39. The monoisotopic (exact) mass is 719 g/mol. The number of hydrogen-bond acceptors (Lipinski definition) is 14. The third-order valence-corrected chi connectivity index (χ3v) is 11.3. The van der Waals surface area contributed by atoms with Crippen LogP contribution in [0.4, 0.5) is 0 Å². The fourth-order valence-corrected chi connectivity index (χ4v) is 8.09. The Morgan fingerprint density at radius 3 is 2.10 bits per heavy atom. The Bertz CT molecular complexity index is 1090. The van der Waals surface area contributed by atoms with Gasteiger partial charge in [0.05, 0.1) is 48.1 Å². The number of cyclic esters (lactones) is 1. The fourth-order valence-electron chi connectivity index (χ4n) is 8.09. The molecule has 3 fully saturated rings. The average Bonchev–Trinajstić information content (AvgIpc) is 3.05. The second-order valence-corrected chi connectivity index (χ2v) is 15.6. The van der Waals surface area contributed by atoms with Crippen molar-refractivity contribution < 1.29 is 63.5 Å². The molecule has 50 heavy (non-hydrogen) atoms. The highest BCUT2D eigenvalue weighted by molar-refractivity contribution is 5.83. The molecular formula is C36H65NO13. The van der Waals surface area contributed by atoms with E-state index in [1.807, 2.05) is 25.9 Å². The van der Waals surface area contributed by atoms with Crippen molar-refractivity contribution in [1.29, 1.82) is 0 Å². The molecule has 9 unspecified atom stereocenters. The topological polar surface area (TPSA) is 194 Å². The number of esters is 1. The highest BCUT2D eigenvalue weighted by Gasteiger charge is 2.51. The summed E-state index contributed by atoms with van der Waals surface area (Å²) in [5.41, 5.74) is -1.75. The Kier molecular flexibility index (Phi) is 15.7. The number of ketones is 1. The van der Waals surface area contributed by atoms with E-state index in [0.717, 1.165) is 0 Å². The molecule has 14 heteroatoms. The summed E-state index contributed by atoms with van der Waals surface area (Å²) >= 11 is 0. The van der Waals surface area contributed by atoms with Crippen molar-refractivity contribution in [2.45, 2.75) is 160 Å². The zero-order chi connectivity index (χ0) is 37.8. The lowest BCUT2D eigenvalue weighted by atomic mass is 9.74. The zero-order valence-corrected chi connectivity index (χ0v) is 31.8. The van der Waals surface area contributed by atoms with Gasteiger partial charge in [-0.15, -0.1) is 0 Å². The van der Waals surface area contributed by atoms with E-state index in [4.69, 9.17) is 28.4 Å². The van der Waals surface area contributed by atoms with Crippen molar-refractivity contribution in [2.24, 2.45) is 29.6 Å². The second kappa shape index (κ2) is 18.2. The minimum atomic E-state index is -1.75. The van der Waals surface area contributed by atoms with E-state index in [2.05, 4.69) is 0 Å². The Morgan fingerprint density at radius 2 is 1.52 bits per heavy atom. The number of carbonyl (C=O) groups excluding carboxylic acids is 2. The highest BCUT2D eigenvalue weighted by atomic mass is 16.7. The first-order valence-electron chi connectivity index (χ1n) is 18.2. The summed E-state index contributed by atoms with van der Waals surface area (Å²) in [4.78, 5) is 29.7. The maximum Gasteiger partial charge on any atom is 0.311 e. The van der Waals surface area contributed by atoms with Gasteiger partial charge in [-0.05, 0) is 54.6 Å². The van der Waals surface area contributed by atoms with Gasteiger partial charge < -0.3 is 58.9 Å². The molecule has 0 spiro atoms. The normalized spacial score (nSPS) is 47.5. The van der Waals surface area contributed by atoms with Crippen molar-refractivity contribution >= 4 is 11.8 Å². The first-order valence-corrected chi connectivity index (χ1v) is 18.2. The van der Waals surface area contributed by atoms with Crippen LogP contribution in [0.1, 0.15) is 81.1 Å². The molecule has 3 heterocycles. The summed E-state index contributed by atoms with van der Waals surface area (Å²) in [7, 11) is 5.18. The molecule has 3 aliphatic rings. The Labute approximate surface area is 297 Å². The molecule has 5 N–H and O–H groups in total. The van der Waals surface area contributed by atoms with Crippen LogP contribution in [0.3, 0.4) is 0 Å². The fraction of sp³-hybridized carbons (Fsp3) is 0.944. The minimum absolute atomic E-state index is 0.0352. The number of carbonyl (C=O) groups is 2. The van der Waals surface area contributed by atoms with Gasteiger partial charge in [0, 0.05) is 56.3 Å². The zero-order valence-electron chi connectivity index (χ0n) is 31.8. The van der Waals surface area contributed by atoms with Gasteiger partial charge in [-0.25, -0.2) is 0 Å². The second-order valence-electron chi connectivity index (χ2n) is 15.6. The van der Waals surface area contributed by atoms with E-state index < -0.39 is 103 Å². The molecule has 0 aromatic rings. The molecule has 3 rings (SSSR count). The van der Waals surface area contributed by atoms with Crippen LogP contribution in [0.5, 0.6) is 0 Å². The average molecular weight is 720 g/mol. The van der Waals surface area contributed by atoms with Gasteiger partial charge in [0.25, 0.3) is 0 Å². The third kappa shape index (κ3) is 10.0. The Hall–Kier alpha value is -1.30. The summed E-state index contributed by atoms with van der Waals surface area (Å²) in [6, 6.07) is -0.314. The number of nitrogens with zero attached hydrogens (tertiary/aromatic N) is 1. The summed E-state index contributed by atoms with van der Waals surface area (Å²) in [5, 5.41) is 55.6. The van der Waals surface area contributed by atoms with Crippen LogP contribution in [0.25, 0.3) is 0 Å². The summed E-state index contributed by atoms with van der Waals surface area (Å²) in [6.45, 7) is 13.1. The summed E-state index contributed by atoms with van der Waals surface area (Å²) in [6.07, 6.45) is -9.40. The third-order valence-electron chi connectivity index (χ3n) is 11.3. The number of ether oxygens (including phenoxy) is 6. The largest absolute Gasteiger partial charge is 0.462 e. The Morgan fingerprint density at radius 1 is 0.880 bits per heavy atom. The van der Waals surface area contributed by atoms with Gasteiger partial charge in [-0.1, -0.05) is 27.7 Å². The van der Waals surface area contributed by atoms with E-state index in [0.29, 0.717) is 6.42 Å². The lowest BCUT2D eigenvalue weighted by Gasteiger charge is -2.48. The van der Waals surface area contributed by atoms with Crippen LogP contribution in [-0.4, -0.2) is 149 Å². The standard InChI is InChI=1S/C36H65NO13/c1-17-16-36(8,44)33(50-35-31(42)24(37(9)10)14-18(2)46-35)21(5)32(49-27-15-26(45-11)30(41)23(7)47-27)22(6)34(43)48-25(12-13-38)19(3)29(40)20(4)28(17)39/h17-27,29-33,35,38,40-42,44H,12-16H2,1-11H3/t17-,18?,19+,20+,21?,22?,23?,24?,25?,26?,27+,29+,30+,31-,32?,33-,35?,36+/m1/s1. The van der Waals surface area contributed by atoms with Crippen molar-refractivity contribution in [3.05, 3.63) is 0 Å². The van der Waals surface area contributed by atoms with Crippen LogP contribution in [0, 0.1) is 29.6 Å². The number of Topliss-reactive ketones (excluding diaryl/α,β-unsaturated/α-hetero) is 1. The molecule has 0 radical (unpaired) electrons. The smallest absolute Gasteiger partial charge is 0.311 e. The molecule has 14 nitrogen and oxygen atoms in total. The van der Waals surface area contributed by atoms with E-state index in [1.54, 1.807) is 48.5 Å². The van der Waals surface area contributed by atoms with Gasteiger partial charge >= 0.3 is 5.97 Å². The number of rotatable bonds is 8. The first-order chi connectivity index (χ1) is 23.2. The van der Waals surface area contributed by atoms with E-state index in [9.17, 15) is 35.1 Å². The minimum Gasteiger partial charge on any atom is -0.462 e. The van der Waals surface area contributed by atoms with Gasteiger partial charge in [-0.3, -0.25) is 9.59 Å². The summed E-state index contributed by atoms with van der Waals surface area (Å²) < 4.78 is 36.8. The van der Waals surface area contributed by atoms with Crippen LogP contribution >= 0.6 is 0 Å². The molecule has 3 aliphatic heterocycles. The predicted molar refractivity (Wildman–Crippen MR) is 182 cm³/mol. The SMILES string of the molecule is COC1C[C@H](OC2C(C)C(=O)OC(CCO)[C@H](C)[C@H](O)[C@@H](C)C(=O)[C@H](C)C[C@](C)(O)[C@H](OC3OC(C)CC(N(C)C)[C@H]3O)C2C)OC(C)[C@@H]1O. The van der Waals surface area contributed by atoms with E-state index in [1.165, 1.54) is 7.11 Å². The van der Waals surface area contributed by atoms with Gasteiger partial charge in [0.15, 0.2) is 12.6 Å².